The molecule has 104 valence electrons. The first-order valence-electron chi connectivity index (χ1n) is 5.72. The lowest BCUT2D eigenvalue weighted by molar-refractivity contribution is 0.0928. The van der Waals surface area contributed by atoms with Gasteiger partial charge in [-0.05, 0) is 22.0 Å². The Labute approximate surface area is 120 Å². The number of carbonyl (C=O) groups is 1. The minimum Gasteiger partial charge on any atom is -0.490 e. The summed E-state index contributed by atoms with van der Waals surface area (Å²) in [6.45, 7) is 0.0525. The van der Waals surface area contributed by atoms with Crippen LogP contribution >= 0.6 is 15.9 Å². The highest BCUT2D eigenvalue weighted by Crippen LogP contribution is 2.35. The van der Waals surface area contributed by atoms with Crippen LogP contribution in [0.4, 0.5) is 8.78 Å². The van der Waals surface area contributed by atoms with E-state index in [9.17, 15) is 13.6 Å². The Hall–Kier alpha value is -1.89. The van der Waals surface area contributed by atoms with Crippen molar-refractivity contribution in [3.05, 3.63) is 51.9 Å². The molecule has 0 saturated carbocycles. The molecule has 0 fully saturated rings. The number of halogens is 3. The Morgan fingerprint density at radius 2 is 2.20 bits per heavy atom. The van der Waals surface area contributed by atoms with Crippen molar-refractivity contribution >= 4 is 21.8 Å². The predicted molar refractivity (Wildman–Crippen MR) is 68.5 cm³/mol. The normalized spacial score (nSPS) is 16.6. The van der Waals surface area contributed by atoms with E-state index in [0.717, 1.165) is 12.1 Å². The first kappa shape index (κ1) is 13.1. The Morgan fingerprint density at radius 1 is 1.40 bits per heavy atom. The lowest BCUT2D eigenvalue weighted by atomic mass is 10.1. The third kappa shape index (κ3) is 2.18. The fourth-order valence-electron chi connectivity index (χ4n) is 2.08. The van der Waals surface area contributed by atoms with E-state index in [1.165, 1.54) is 12.3 Å². The number of nitrogens with one attached hydrogen (secondary N) is 1. The van der Waals surface area contributed by atoms with Gasteiger partial charge in [0.15, 0.2) is 4.67 Å². The van der Waals surface area contributed by atoms with Gasteiger partial charge in [0.1, 0.15) is 24.0 Å². The van der Waals surface area contributed by atoms with Crippen LogP contribution < -0.4 is 10.1 Å². The van der Waals surface area contributed by atoms with E-state index in [-0.39, 0.29) is 22.6 Å². The minimum atomic E-state index is -0.742. The quantitative estimate of drug-likeness (QED) is 0.911. The minimum absolute atomic E-state index is 0.0525. The predicted octanol–water partition coefficient (Wildman–Crippen LogP) is 3.18. The maximum Gasteiger partial charge on any atom is 0.256 e. The average Bonchev–Trinajstić information content (AvgIpc) is 2.96. The summed E-state index contributed by atoms with van der Waals surface area (Å²) in [5, 5.41) is 2.62. The van der Waals surface area contributed by atoms with E-state index < -0.39 is 23.6 Å². The highest BCUT2D eigenvalue weighted by molar-refractivity contribution is 9.10. The number of carbonyl (C=O) groups excluding carboxylic acids is 1. The standard InChI is InChI=1S/C13H8BrF2NO3/c14-12-7(1-2-19-12)13(18)17-9-5-20-10-4-6(15)3-8(16)11(9)10/h1-4,9H,5H2,(H,17,18). The molecular weight excluding hydrogens is 336 g/mol. The topological polar surface area (TPSA) is 51.5 Å². The molecule has 1 unspecified atom stereocenters. The summed E-state index contributed by atoms with van der Waals surface area (Å²) in [6.07, 6.45) is 1.36. The van der Waals surface area contributed by atoms with Gasteiger partial charge < -0.3 is 14.5 Å². The molecule has 20 heavy (non-hydrogen) atoms. The second kappa shape index (κ2) is 4.90. The van der Waals surface area contributed by atoms with Crippen LogP contribution in [0.5, 0.6) is 5.75 Å². The first-order chi connectivity index (χ1) is 9.56. The Bertz CT molecular complexity index is 686. The van der Waals surface area contributed by atoms with Crippen LogP contribution in [-0.4, -0.2) is 12.5 Å². The van der Waals surface area contributed by atoms with Gasteiger partial charge in [0.25, 0.3) is 5.91 Å². The van der Waals surface area contributed by atoms with E-state index in [4.69, 9.17) is 9.15 Å². The van der Waals surface area contributed by atoms with E-state index in [1.807, 2.05) is 0 Å². The van der Waals surface area contributed by atoms with Crippen LogP contribution in [0.25, 0.3) is 0 Å². The van der Waals surface area contributed by atoms with Crippen LogP contribution in [0.15, 0.2) is 33.5 Å². The summed E-state index contributed by atoms with van der Waals surface area (Å²) in [5.41, 5.74) is 0.445. The number of hydrogen-bond acceptors (Lipinski definition) is 3. The van der Waals surface area contributed by atoms with Crippen molar-refractivity contribution in [1.82, 2.24) is 5.32 Å². The van der Waals surface area contributed by atoms with Crippen molar-refractivity contribution < 1.29 is 22.7 Å². The second-order valence-electron chi connectivity index (χ2n) is 4.24. The van der Waals surface area contributed by atoms with Crippen LogP contribution in [0, 0.1) is 11.6 Å². The largest absolute Gasteiger partial charge is 0.490 e. The Balaban J connectivity index is 1.86. The molecule has 0 saturated heterocycles. The summed E-state index contributed by atoms with van der Waals surface area (Å²) in [7, 11) is 0. The van der Waals surface area contributed by atoms with E-state index in [0.29, 0.717) is 5.56 Å². The van der Waals surface area contributed by atoms with Gasteiger partial charge in [-0.15, -0.1) is 0 Å². The molecule has 0 spiro atoms. The molecule has 1 aromatic heterocycles. The number of ether oxygens (including phenoxy) is 1. The van der Waals surface area contributed by atoms with Crippen molar-refractivity contribution in [3.63, 3.8) is 0 Å². The molecule has 1 amide bonds. The van der Waals surface area contributed by atoms with Gasteiger partial charge in [-0.3, -0.25) is 4.79 Å². The van der Waals surface area contributed by atoms with Crippen molar-refractivity contribution in [2.45, 2.75) is 6.04 Å². The van der Waals surface area contributed by atoms with E-state index in [2.05, 4.69) is 21.2 Å². The highest BCUT2D eigenvalue weighted by atomic mass is 79.9. The molecule has 2 aromatic rings. The lowest BCUT2D eigenvalue weighted by Crippen LogP contribution is -2.29. The molecule has 3 rings (SSSR count). The van der Waals surface area contributed by atoms with Crippen molar-refractivity contribution in [2.75, 3.05) is 6.61 Å². The zero-order chi connectivity index (χ0) is 14.3. The van der Waals surface area contributed by atoms with E-state index in [1.54, 1.807) is 0 Å². The number of amides is 1. The van der Waals surface area contributed by atoms with Crippen LogP contribution in [-0.2, 0) is 0 Å². The summed E-state index contributed by atoms with van der Waals surface area (Å²) in [5.74, 6) is -1.78. The van der Waals surface area contributed by atoms with Gasteiger partial charge in [0, 0.05) is 12.1 Å². The summed E-state index contributed by atoms with van der Waals surface area (Å²) >= 11 is 3.09. The van der Waals surface area contributed by atoms with Crippen LogP contribution in [0.1, 0.15) is 22.0 Å². The third-order valence-corrected chi connectivity index (χ3v) is 3.59. The zero-order valence-corrected chi connectivity index (χ0v) is 11.5. The van der Waals surface area contributed by atoms with E-state index >= 15 is 0 Å². The molecule has 1 aliphatic rings. The average molecular weight is 344 g/mol. The molecular formula is C13H8BrF2NO3. The molecule has 7 heteroatoms. The maximum atomic E-state index is 13.8. The molecule has 0 bridgehead atoms. The molecule has 1 aromatic carbocycles. The highest BCUT2D eigenvalue weighted by Gasteiger charge is 2.30. The molecule has 4 nitrogen and oxygen atoms in total. The fourth-order valence-corrected chi connectivity index (χ4v) is 2.50. The Kier molecular flexibility index (Phi) is 3.21. The van der Waals surface area contributed by atoms with Crippen molar-refractivity contribution in [2.24, 2.45) is 0 Å². The third-order valence-electron chi connectivity index (χ3n) is 2.98. The van der Waals surface area contributed by atoms with Crippen molar-refractivity contribution in [3.8, 4) is 5.75 Å². The SMILES string of the molecule is O=C(NC1COc2cc(F)cc(F)c21)c1ccoc1Br. The first-order valence-corrected chi connectivity index (χ1v) is 6.51. The molecule has 1 N–H and O–H groups in total. The summed E-state index contributed by atoms with van der Waals surface area (Å²) < 4.78 is 37.3. The summed E-state index contributed by atoms with van der Waals surface area (Å²) in [6, 6.07) is 2.68. The van der Waals surface area contributed by atoms with Gasteiger partial charge in [0.2, 0.25) is 0 Å². The monoisotopic (exact) mass is 343 g/mol. The second-order valence-corrected chi connectivity index (χ2v) is 4.96. The Morgan fingerprint density at radius 3 is 2.90 bits per heavy atom. The lowest BCUT2D eigenvalue weighted by Gasteiger charge is -2.11. The maximum absolute atomic E-state index is 13.8. The van der Waals surface area contributed by atoms with Crippen molar-refractivity contribution in [1.29, 1.82) is 0 Å². The smallest absolute Gasteiger partial charge is 0.256 e. The number of benzene rings is 1. The van der Waals surface area contributed by atoms with Gasteiger partial charge in [-0.1, -0.05) is 0 Å². The molecule has 2 heterocycles. The molecule has 0 radical (unpaired) electrons. The zero-order valence-electron chi connectivity index (χ0n) is 9.95. The van der Waals surface area contributed by atoms with Crippen LogP contribution in [0.3, 0.4) is 0 Å². The van der Waals surface area contributed by atoms with Gasteiger partial charge >= 0.3 is 0 Å². The summed E-state index contributed by atoms with van der Waals surface area (Å²) in [4.78, 5) is 12.0. The molecule has 0 aliphatic carbocycles. The van der Waals surface area contributed by atoms with Gasteiger partial charge in [-0.2, -0.15) is 0 Å². The van der Waals surface area contributed by atoms with Gasteiger partial charge in [0.05, 0.1) is 23.4 Å². The number of fused-ring (bicyclic) bond motifs is 1. The number of hydrogen-bond donors (Lipinski definition) is 1. The molecule has 1 aliphatic heterocycles. The van der Waals surface area contributed by atoms with Crippen LogP contribution in [0.2, 0.25) is 0 Å². The van der Waals surface area contributed by atoms with Gasteiger partial charge in [-0.25, -0.2) is 8.78 Å². The molecule has 1 atom stereocenters. The fraction of sp³-hybridized carbons (Fsp3) is 0.154. The number of rotatable bonds is 2. The number of furan rings is 1.